The van der Waals surface area contributed by atoms with Crippen LogP contribution in [-0.4, -0.2) is 56.6 Å². The molecule has 8 heteroatoms. The van der Waals surface area contributed by atoms with Gasteiger partial charge in [0.15, 0.2) is 12.6 Å². The minimum atomic E-state index is -0.495. The highest BCUT2D eigenvalue weighted by Gasteiger charge is 2.20. The van der Waals surface area contributed by atoms with E-state index in [9.17, 15) is 4.79 Å². The Bertz CT molecular complexity index is 866. The Morgan fingerprint density at radius 1 is 1.17 bits per heavy atom. The van der Waals surface area contributed by atoms with Gasteiger partial charge in [-0.25, -0.2) is 0 Å². The second kappa shape index (κ2) is 10.0. The van der Waals surface area contributed by atoms with Crippen LogP contribution in [0.25, 0.3) is 0 Å². The maximum atomic E-state index is 10.9. The van der Waals surface area contributed by atoms with Crippen molar-refractivity contribution in [3.63, 3.8) is 0 Å². The third-order valence-electron chi connectivity index (χ3n) is 4.71. The second-order valence-corrected chi connectivity index (χ2v) is 7.14. The molecule has 3 rings (SSSR count). The van der Waals surface area contributed by atoms with E-state index >= 15 is 0 Å². The van der Waals surface area contributed by atoms with Crippen molar-refractivity contribution in [3.8, 4) is 5.75 Å². The van der Waals surface area contributed by atoms with Crippen LogP contribution in [0.3, 0.4) is 0 Å². The fraction of sp³-hybridized carbons (Fsp3) is 0.333. The Balaban J connectivity index is 1.53. The summed E-state index contributed by atoms with van der Waals surface area (Å²) in [4.78, 5) is 19.8. The molecule has 0 unspecified atom stereocenters. The highest BCUT2D eigenvalue weighted by Crippen LogP contribution is 2.26. The first kappa shape index (κ1) is 20.8. The molecule has 1 fully saturated rings. The Hall–Kier alpha value is -2.93. The van der Waals surface area contributed by atoms with Gasteiger partial charge in [-0.3, -0.25) is 9.79 Å². The number of benzene rings is 2. The lowest BCUT2D eigenvalue weighted by molar-refractivity contribution is -0.119. The lowest BCUT2D eigenvalue weighted by Gasteiger charge is -2.38. The van der Waals surface area contributed by atoms with Gasteiger partial charge in [0.25, 0.3) is 5.91 Å². The quantitative estimate of drug-likeness (QED) is 0.557. The van der Waals surface area contributed by atoms with E-state index in [0.29, 0.717) is 12.3 Å². The highest BCUT2D eigenvalue weighted by atomic mass is 35.5. The van der Waals surface area contributed by atoms with Crippen LogP contribution in [-0.2, 0) is 11.3 Å². The number of aliphatic imine (C=N–C) groups is 1. The molecule has 2 aromatic carbocycles. The SMILES string of the molecule is CN=C(NCc1cccc(OCC(N)=O)c1)N1CCN(c2ccccc2Cl)CC1. The van der Waals surface area contributed by atoms with E-state index in [4.69, 9.17) is 22.1 Å². The molecule has 3 N–H and O–H groups in total. The number of piperazine rings is 1. The van der Waals surface area contributed by atoms with Crippen LogP contribution < -0.4 is 20.7 Å². The Kier molecular flexibility index (Phi) is 7.19. The van der Waals surface area contributed by atoms with Gasteiger partial charge in [0, 0.05) is 39.8 Å². The van der Waals surface area contributed by atoms with E-state index in [1.807, 2.05) is 36.4 Å². The Morgan fingerprint density at radius 3 is 2.62 bits per heavy atom. The predicted molar refractivity (Wildman–Crippen MR) is 117 cm³/mol. The van der Waals surface area contributed by atoms with E-state index in [-0.39, 0.29) is 6.61 Å². The number of anilines is 1. The van der Waals surface area contributed by atoms with Crippen LogP contribution in [0.1, 0.15) is 5.56 Å². The summed E-state index contributed by atoms with van der Waals surface area (Å²) >= 11 is 6.33. The summed E-state index contributed by atoms with van der Waals surface area (Å²) in [6.45, 7) is 3.93. The summed E-state index contributed by atoms with van der Waals surface area (Å²) < 4.78 is 5.36. The summed E-state index contributed by atoms with van der Waals surface area (Å²) in [7, 11) is 1.79. The van der Waals surface area contributed by atoms with Gasteiger partial charge in [-0.2, -0.15) is 0 Å². The number of nitrogens with one attached hydrogen (secondary N) is 1. The number of hydrogen-bond donors (Lipinski definition) is 2. The number of rotatable bonds is 6. The van der Waals surface area contributed by atoms with Crippen molar-refractivity contribution >= 4 is 29.2 Å². The molecule has 0 aromatic heterocycles. The third-order valence-corrected chi connectivity index (χ3v) is 5.03. The Labute approximate surface area is 176 Å². The number of guanidine groups is 1. The fourth-order valence-electron chi connectivity index (χ4n) is 3.28. The van der Waals surface area contributed by atoms with Crippen molar-refractivity contribution in [2.45, 2.75) is 6.54 Å². The van der Waals surface area contributed by atoms with Crippen LogP contribution >= 0.6 is 11.6 Å². The molecular weight excluding hydrogens is 390 g/mol. The lowest BCUT2D eigenvalue weighted by Crippen LogP contribution is -2.52. The zero-order valence-electron chi connectivity index (χ0n) is 16.5. The summed E-state index contributed by atoms with van der Waals surface area (Å²) in [5.74, 6) is 0.976. The number of carbonyl (C=O) groups is 1. The topological polar surface area (TPSA) is 83.2 Å². The summed E-state index contributed by atoms with van der Waals surface area (Å²) in [6.07, 6.45) is 0. The average Bonchev–Trinajstić information content (AvgIpc) is 2.74. The van der Waals surface area contributed by atoms with Crippen molar-refractivity contribution < 1.29 is 9.53 Å². The molecule has 0 aliphatic carbocycles. The lowest BCUT2D eigenvalue weighted by atomic mass is 10.2. The van der Waals surface area contributed by atoms with Crippen LogP contribution in [0.15, 0.2) is 53.5 Å². The average molecular weight is 416 g/mol. The van der Waals surface area contributed by atoms with Gasteiger partial charge in [0.1, 0.15) is 5.75 Å². The number of hydrogen-bond acceptors (Lipinski definition) is 4. The molecule has 29 heavy (non-hydrogen) atoms. The molecule has 1 aliphatic heterocycles. The fourth-order valence-corrected chi connectivity index (χ4v) is 3.54. The Morgan fingerprint density at radius 2 is 1.93 bits per heavy atom. The summed E-state index contributed by atoms with van der Waals surface area (Å²) in [6, 6.07) is 15.5. The third kappa shape index (κ3) is 5.77. The maximum Gasteiger partial charge on any atom is 0.255 e. The van der Waals surface area contributed by atoms with Crippen LogP contribution in [0, 0.1) is 0 Å². The molecule has 7 nitrogen and oxygen atoms in total. The monoisotopic (exact) mass is 415 g/mol. The smallest absolute Gasteiger partial charge is 0.255 e. The second-order valence-electron chi connectivity index (χ2n) is 6.73. The minimum absolute atomic E-state index is 0.131. The molecule has 1 amide bonds. The first-order valence-electron chi connectivity index (χ1n) is 9.52. The first-order valence-corrected chi connectivity index (χ1v) is 9.89. The molecule has 1 heterocycles. The van der Waals surface area contributed by atoms with Crippen LogP contribution in [0.5, 0.6) is 5.75 Å². The van der Waals surface area contributed by atoms with E-state index in [1.165, 1.54) is 0 Å². The van der Waals surface area contributed by atoms with E-state index < -0.39 is 5.91 Å². The number of nitrogens with zero attached hydrogens (tertiary/aromatic N) is 3. The van der Waals surface area contributed by atoms with Gasteiger partial charge in [-0.1, -0.05) is 35.9 Å². The van der Waals surface area contributed by atoms with E-state index in [1.54, 1.807) is 13.1 Å². The number of primary amides is 1. The van der Waals surface area contributed by atoms with Gasteiger partial charge in [-0.15, -0.1) is 0 Å². The maximum absolute atomic E-state index is 10.9. The molecule has 154 valence electrons. The molecular formula is C21H26ClN5O2. The van der Waals surface area contributed by atoms with E-state index in [0.717, 1.165) is 48.4 Å². The summed E-state index contributed by atoms with van der Waals surface area (Å²) in [5.41, 5.74) is 7.23. The largest absolute Gasteiger partial charge is 0.484 e. The minimum Gasteiger partial charge on any atom is -0.484 e. The molecule has 0 saturated carbocycles. The van der Waals surface area contributed by atoms with Crippen molar-refractivity contribution in [2.75, 3.05) is 44.7 Å². The van der Waals surface area contributed by atoms with Crippen molar-refractivity contribution in [1.82, 2.24) is 10.2 Å². The standard InChI is InChI=1S/C21H26ClN5O2/c1-24-21(25-14-16-5-4-6-17(13-16)29-15-20(23)28)27-11-9-26(10-12-27)19-8-3-2-7-18(19)22/h2-8,13H,9-12,14-15H2,1H3,(H2,23,28)(H,24,25). The molecule has 1 aliphatic rings. The summed E-state index contributed by atoms with van der Waals surface area (Å²) in [5, 5.41) is 4.18. The van der Waals surface area contributed by atoms with Crippen molar-refractivity contribution in [1.29, 1.82) is 0 Å². The number of para-hydroxylation sites is 1. The van der Waals surface area contributed by atoms with Crippen LogP contribution in [0.2, 0.25) is 5.02 Å². The van der Waals surface area contributed by atoms with Gasteiger partial charge in [0.2, 0.25) is 0 Å². The normalized spacial score (nSPS) is 14.6. The first-order chi connectivity index (χ1) is 14.1. The molecule has 0 atom stereocenters. The number of nitrogens with two attached hydrogens (primary N) is 1. The molecule has 2 aromatic rings. The van der Waals surface area contributed by atoms with Crippen molar-refractivity contribution in [2.24, 2.45) is 10.7 Å². The zero-order valence-corrected chi connectivity index (χ0v) is 17.2. The molecule has 0 spiro atoms. The van der Waals surface area contributed by atoms with Gasteiger partial charge >= 0.3 is 0 Å². The van der Waals surface area contributed by atoms with Crippen LogP contribution in [0.4, 0.5) is 5.69 Å². The van der Waals surface area contributed by atoms with E-state index in [2.05, 4.69) is 26.2 Å². The van der Waals surface area contributed by atoms with Crippen molar-refractivity contribution in [3.05, 3.63) is 59.1 Å². The van der Waals surface area contributed by atoms with Gasteiger partial charge < -0.3 is 25.6 Å². The molecule has 0 bridgehead atoms. The number of ether oxygens (including phenoxy) is 1. The highest BCUT2D eigenvalue weighted by molar-refractivity contribution is 6.33. The zero-order chi connectivity index (χ0) is 20.6. The predicted octanol–water partition coefficient (Wildman–Crippen LogP) is 2.10. The number of amides is 1. The number of halogens is 1. The molecule has 1 saturated heterocycles. The van der Waals surface area contributed by atoms with Gasteiger partial charge in [-0.05, 0) is 29.8 Å². The number of carbonyl (C=O) groups excluding carboxylic acids is 1. The van der Waals surface area contributed by atoms with Gasteiger partial charge in [0.05, 0.1) is 10.7 Å². The molecule has 0 radical (unpaired) electrons.